The molecule has 74 valence electrons. The summed E-state index contributed by atoms with van der Waals surface area (Å²) in [6.45, 7) is 4.71. The number of rotatable bonds is 4. The van der Waals surface area contributed by atoms with E-state index in [1.807, 2.05) is 6.92 Å². The van der Waals surface area contributed by atoms with Crippen molar-refractivity contribution < 1.29 is 4.79 Å². The maximum Gasteiger partial charge on any atom is 0.236 e. The van der Waals surface area contributed by atoms with E-state index in [1.165, 1.54) is 0 Å². The molecule has 0 saturated heterocycles. The van der Waals surface area contributed by atoms with Crippen LogP contribution in [0.5, 0.6) is 0 Å². The van der Waals surface area contributed by atoms with Crippen molar-refractivity contribution in [3.8, 4) is 6.07 Å². The number of nitriles is 1. The average molecular weight is 183 g/mol. The molecule has 0 aliphatic rings. The van der Waals surface area contributed by atoms with Crippen molar-refractivity contribution in [3.05, 3.63) is 0 Å². The molecule has 0 aliphatic heterocycles. The van der Waals surface area contributed by atoms with E-state index < -0.39 is 0 Å². The second-order valence-electron chi connectivity index (χ2n) is 3.13. The average Bonchev–Trinajstić information content (AvgIpc) is 2.14. The molecule has 0 aromatic carbocycles. The Morgan fingerprint density at radius 1 is 1.54 bits per heavy atom. The van der Waals surface area contributed by atoms with Gasteiger partial charge in [-0.3, -0.25) is 9.69 Å². The molecule has 13 heavy (non-hydrogen) atoms. The summed E-state index contributed by atoms with van der Waals surface area (Å²) in [7, 11) is 3.53. The number of amides is 1. The predicted octanol–water partition coefficient (Wildman–Crippen LogP) is 0.309. The third kappa shape index (κ3) is 3.90. The van der Waals surface area contributed by atoms with Gasteiger partial charge in [-0.05, 0) is 20.9 Å². The lowest BCUT2D eigenvalue weighted by Crippen LogP contribution is -2.39. The molecular formula is C9H17N3O. The van der Waals surface area contributed by atoms with E-state index in [9.17, 15) is 4.79 Å². The number of hydrogen-bond acceptors (Lipinski definition) is 3. The molecule has 0 heterocycles. The zero-order chi connectivity index (χ0) is 10.4. The van der Waals surface area contributed by atoms with Crippen LogP contribution in [0.3, 0.4) is 0 Å². The van der Waals surface area contributed by atoms with Crippen LogP contribution in [0.1, 0.15) is 13.8 Å². The van der Waals surface area contributed by atoms with Gasteiger partial charge in [0.15, 0.2) is 0 Å². The van der Waals surface area contributed by atoms with Gasteiger partial charge in [0.1, 0.15) is 0 Å². The van der Waals surface area contributed by atoms with Crippen molar-refractivity contribution >= 4 is 5.91 Å². The Kier molecular flexibility index (Phi) is 5.09. The number of likely N-dealkylation sites (N-methyl/N-ethyl adjacent to an activating group) is 2. The zero-order valence-electron chi connectivity index (χ0n) is 8.74. The largest absolute Gasteiger partial charge is 0.345 e. The second kappa shape index (κ2) is 5.55. The first-order valence-corrected chi connectivity index (χ1v) is 4.36. The highest BCUT2D eigenvalue weighted by Gasteiger charge is 2.13. The van der Waals surface area contributed by atoms with Crippen LogP contribution in [0.15, 0.2) is 0 Å². The summed E-state index contributed by atoms with van der Waals surface area (Å²) in [5.41, 5.74) is 0. The Hall–Kier alpha value is -1.08. The Bertz CT molecular complexity index is 209. The predicted molar refractivity (Wildman–Crippen MR) is 51.0 cm³/mol. The molecule has 0 aliphatic carbocycles. The molecule has 0 rings (SSSR count). The lowest BCUT2D eigenvalue weighted by atomic mass is 10.3. The quantitative estimate of drug-likeness (QED) is 0.630. The highest BCUT2D eigenvalue weighted by atomic mass is 16.2. The van der Waals surface area contributed by atoms with Gasteiger partial charge >= 0.3 is 0 Å². The van der Waals surface area contributed by atoms with Crippen LogP contribution in [0, 0.1) is 11.3 Å². The fraction of sp³-hybridized carbons (Fsp3) is 0.778. The normalized spacial score (nSPS) is 12.3. The monoisotopic (exact) mass is 183 g/mol. The lowest BCUT2D eigenvalue weighted by Gasteiger charge is -2.21. The molecule has 0 bridgehead atoms. The molecule has 1 atom stereocenters. The number of carbonyl (C=O) groups is 1. The van der Waals surface area contributed by atoms with E-state index in [-0.39, 0.29) is 11.9 Å². The lowest BCUT2D eigenvalue weighted by molar-refractivity contribution is -0.130. The minimum absolute atomic E-state index is 0.0482. The van der Waals surface area contributed by atoms with Crippen LogP contribution < -0.4 is 0 Å². The smallest absolute Gasteiger partial charge is 0.236 e. The summed E-state index contributed by atoms with van der Waals surface area (Å²) in [6, 6.07) is 1.87. The van der Waals surface area contributed by atoms with Gasteiger partial charge in [-0.2, -0.15) is 5.26 Å². The molecule has 0 aromatic rings. The first-order valence-electron chi connectivity index (χ1n) is 4.36. The molecule has 0 radical (unpaired) electrons. The highest BCUT2D eigenvalue weighted by Crippen LogP contribution is 1.94. The minimum Gasteiger partial charge on any atom is -0.345 e. The van der Waals surface area contributed by atoms with Gasteiger partial charge in [-0.25, -0.2) is 0 Å². The standard InChI is InChI=1S/C9H17N3O/c1-5-11(3)9(13)7-12(4)8(2)6-10/h8H,5,7H2,1-4H3. The third-order valence-electron chi connectivity index (χ3n) is 2.13. The molecular weight excluding hydrogens is 166 g/mol. The third-order valence-corrected chi connectivity index (χ3v) is 2.13. The number of carbonyl (C=O) groups excluding carboxylic acids is 1. The van der Waals surface area contributed by atoms with Crippen LogP contribution in [0.2, 0.25) is 0 Å². The van der Waals surface area contributed by atoms with Gasteiger partial charge < -0.3 is 4.90 Å². The van der Waals surface area contributed by atoms with Crippen LogP contribution in [0.25, 0.3) is 0 Å². The Balaban J connectivity index is 4.00. The van der Waals surface area contributed by atoms with Gasteiger partial charge in [0.2, 0.25) is 5.91 Å². The van der Waals surface area contributed by atoms with Crippen molar-refractivity contribution in [2.45, 2.75) is 19.9 Å². The highest BCUT2D eigenvalue weighted by molar-refractivity contribution is 5.77. The SMILES string of the molecule is CCN(C)C(=O)CN(C)C(C)C#N. The molecule has 0 aromatic heterocycles. The number of nitrogens with zero attached hydrogens (tertiary/aromatic N) is 3. The second-order valence-corrected chi connectivity index (χ2v) is 3.13. The van der Waals surface area contributed by atoms with E-state index >= 15 is 0 Å². The van der Waals surface area contributed by atoms with Crippen molar-refractivity contribution in [1.82, 2.24) is 9.80 Å². The molecule has 1 amide bonds. The summed E-state index contributed by atoms with van der Waals surface area (Å²) in [4.78, 5) is 14.7. The first kappa shape index (κ1) is 11.9. The molecule has 0 N–H and O–H groups in total. The molecule has 0 spiro atoms. The van der Waals surface area contributed by atoms with Crippen LogP contribution >= 0.6 is 0 Å². The summed E-state index contributed by atoms with van der Waals surface area (Å²) in [6.07, 6.45) is 0. The van der Waals surface area contributed by atoms with Gasteiger partial charge in [0.05, 0.1) is 18.7 Å². The van der Waals surface area contributed by atoms with Crippen LogP contribution in [-0.2, 0) is 4.79 Å². The van der Waals surface area contributed by atoms with Crippen molar-refractivity contribution in [1.29, 1.82) is 5.26 Å². The summed E-state index contributed by atoms with van der Waals surface area (Å²) in [5.74, 6) is 0.0482. The molecule has 4 nitrogen and oxygen atoms in total. The molecule has 0 saturated carbocycles. The van der Waals surface area contributed by atoms with Crippen molar-refractivity contribution in [3.63, 3.8) is 0 Å². The van der Waals surface area contributed by atoms with Gasteiger partial charge in [-0.15, -0.1) is 0 Å². The van der Waals surface area contributed by atoms with Crippen LogP contribution in [-0.4, -0.2) is 48.9 Å². The zero-order valence-corrected chi connectivity index (χ0v) is 8.74. The molecule has 1 unspecified atom stereocenters. The summed E-state index contributed by atoms with van der Waals surface area (Å²) >= 11 is 0. The van der Waals surface area contributed by atoms with E-state index in [0.29, 0.717) is 13.1 Å². The number of hydrogen-bond donors (Lipinski definition) is 0. The van der Waals surface area contributed by atoms with E-state index in [0.717, 1.165) is 0 Å². The maximum atomic E-state index is 11.4. The first-order chi connectivity index (χ1) is 6.02. The van der Waals surface area contributed by atoms with E-state index in [1.54, 1.807) is 30.8 Å². The summed E-state index contributed by atoms with van der Waals surface area (Å²) in [5, 5.41) is 8.60. The summed E-state index contributed by atoms with van der Waals surface area (Å²) < 4.78 is 0. The molecule has 4 heteroatoms. The van der Waals surface area contributed by atoms with Crippen LogP contribution in [0.4, 0.5) is 0 Å². The topological polar surface area (TPSA) is 47.3 Å². The van der Waals surface area contributed by atoms with E-state index in [4.69, 9.17) is 5.26 Å². The Morgan fingerprint density at radius 3 is 2.46 bits per heavy atom. The van der Waals surface area contributed by atoms with Gasteiger partial charge in [0.25, 0.3) is 0 Å². The van der Waals surface area contributed by atoms with E-state index in [2.05, 4.69) is 6.07 Å². The maximum absolute atomic E-state index is 11.4. The fourth-order valence-corrected chi connectivity index (χ4v) is 0.746. The minimum atomic E-state index is -0.214. The van der Waals surface area contributed by atoms with Crippen molar-refractivity contribution in [2.24, 2.45) is 0 Å². The van der Waals surface area contributed by atoms with Crippen molar-refractivity contribution in [2.75, 3.05) is 27.2 Å². The van der Waals surface area contributed by atoms with Gasteiger partial charge in [0, 0.05) is 13.6 Å². The molecule has 0 fully saturated rings. The Labute approximate surface area is 79.7 Å². The van der Waals surface area contributed by atoms with Gasteiger partial charge in [-0.1, -0.05) is 0 Å². The fourth-order valence-electron chi connectivity index (χ4n) is 0.746. The Morgan fingerprint density at radius 2 is 2.08 bits per heavy atom.